The van der Waals surface area contributed by atoms with E-state index >= 15 is 0 Å². The van der Waals surface area contributed by atoms with Crippen LogP contribution in [0.3, 0.4) is 0 Å². The first-order valence-corrected chi connectivity index (χ1v) is 9.74. The van der Waals surface area contributed by atoms with Gasteiger partial charge in [-0.05, 0) is 43.2 Å². The van der Waals surface area contributed by atoms with Crippen LogP contribution in [0, 0.1) is 11.6 Å². The standard InChI is InChI=1S/C21H17F2N7O/c22-13-4-5-15(23)14(11-13)17-3-1-9-29(17)18-6-10-30-20(28-18)16(12-26-30)27-21(31)19-24-7-2-8-25-19/h2,4-8,10-12,17H,1,3,9H2,(H,27,31)/t17-/m1/s1. The Labute approximate surface area is 175 Å². The Kier molecular flexibility index (Phi) is 4.73. The highest BCUT2D eigenvalue weighted by molar-refractivity contribution is 6.03. The SMILES string of the molecule is O=C(Nc1cnn2ccc(N3CCC[C@@H]3c3cc(F)ccc3F)nc12)c1ncccn1. The first-order chi connectivity index (χ1) is 15.1. The van der Waals surface area contributed by atoms with Crippen LogP contribution in [-0.2, 0) is 0 Å². The van der Waals surface area contributed by atoms with Crippen LogP contribution in [0.5, 0.6) is 0 Å². The molecule has 0 saturated carbocycles. The van der Waals surface area contributed by atoms with E-state index in [0.29, 0.717) is 35.7 Å². The lowest BCUT2D eigenvalue weighted by Gasteiger charge is -2.26. The van der Waals surface area contributed by atoms with E-state index in [-0.39, 0.29) is 11.9 Å². The van der Waals surface area contributed by atoms with Crippen molar-refractivity contribution in [1.29, 1.82) is 0 Å². The van der Waals surface area contributed by atoms with Crippen molar-refractivity contribution in [3.8, 4) is 0 Å². The molecule has 1 aliphatic heterocycles. The molecular weight excluding hydrogens is 404 g/mol. The molecule has 4 aromatic rings. The summed E-state index contributed by atoms with van der Waals surface area (Å²) in [5.74, 6) is -0.788. The van der Waals surface area contributed by atoms with Gasteiger partial charge in [0, 0.05) is 30.7 Å². The fourth-order valence-electron chi connectivity index (χ4n) is 3.84. The number of halogens is 2. The van der Waals surface area contributed by atoms with E-state index in [4.69, 9.17) is 0 Å². The Morgan fingerprint density at radius 2 is 2.00 bits per heavy atom. The van der Waals surface area contributed by atoms with E-state index in [1.807, 2.05) is 4.90 Å². The molecule has 0 bridgehead atoms. The topological polar surface area (TPSA) is 88.3 Å². The zero-order chi connectivity index (χ0) is 21.4. The van der Waals surface area contributed by atoms with Gasteiger partial charge in [0.15, 0.2) is 5.65 Å². The normalized spacial score (nSPS) is 16.1. The maximum atomic E-state index is 14.4. The molecule has 0 aliphatic carbocycles. The van der Waals surface area contributed by atoms with E-state index in [2.05, 4.69) is 25.4 Å². The summed E-state index contributed by atoms with van der Waals surface area (Å²) in [5, 5.41) is 6.93. The Morgan fingerprint density at radius 3 is 2.84 bits per heavy atom. The van der Waals surface area contributed by atoms with Crippen LogP contribution < -0.4 is 10.2 Å². The fourth-order valence-corrected chi connectivity index (χ4v) is 3.84. The van der Waals surface area contributed by atoms with Gasteiger partial charge in [0.2, 0.25) is 5.82 Å². The average Bonchev–Trinajstić information content (AvgIpc) is 3.43. The van der Waals surface area contributed by atoms with Gasteiger partial charge < -0.3 is 10.2 Å². The first-order valence-electron chi connectivity index (χ1n) is 9.74. The third-order valence-electron chi connectivity index (χ3n) is 5.24. The van der Waals surface area contributed by atoms with Crippen molar-refractivity contribution in [3.05, 3.63) is 78.1 Å². The second kappa shape index (κ2) is 7.71. The van der Waals surface area contributed by atoms with Crippen LogP contribution in [0.2, 0.25) is 0 Å². The maximum absolute atomic E-state index is 14.4. The monoisotopic (exact) mass is 421 g/mol. The molecule has 3 aromatic heterocycles. The number of nitrogens with one attached hydrogen (secondary N) is 1. The van der Waals surface area contributed by atoms with Crippen molar-refractivity contribution in [1.82, 2.24) is 24.6 Å². The largest absolute Gasteiger partial charge is 0.349 e. The van der Waals surface area contributed by atoms with Gasteiger partial charge in [-0.2, -0.15) is 5.10 Å². The highest BCUT2D eigenvalue weighted by Gasteiger charge is 2.30. The quantitative estimate of drug-likeness (QED) is 0.544. The Hall–Kier alpha value is -3.95. The zero-order valence-electron chi connectivity index (χ0n) is 16.2. The van der Waals surface area contributed by atoms with E-state index < -0.39 is 17.5 Å². The summed E-state index contributed by atoms with van der Waals surface area (Å²) >= 11 is 0. The number of rotatable bonds is 4. The molecule has 0 spiro atoms. The summed E-state index contributed by atoms with van der Waals surface area (Å²) in [5.41, 5.74) is 1.13. The highest BCUT2D eigenvalue weighted by atomic mass is 19.1. The number of carbonyl (C=O) groups is 1. The predicted octanol–water partition coefficient (Wildman–Crippen LogP) is 3.39. The Morgan fingerprint density at radius 1 is 1.16 bits per heavy atom. The average molecular weight is 421 g/mol. The van der Waals surface area contributed by atoms with E-state index in [1.54, 1.807) is 18.3 Å². The number of fused-ring (bicyclic) bond motifs is 1. The molecule has 1 amide bonds. The van der Waals surface area contributed by atoms with Gasteiger partial charge in [0.1, 0.15) is 23.1 Å². The summed E-state index contributed by atoms with van der Waals surface area (Å²) in [4.78, 5) is 26.9. The zero-order valence-corrected chi connectivity index (χ0v) is 16.2. The number of anilines is 2. The van der Waals surface area contributed by atoms with Crippen molar-refractivity contribution < 1.29 is 13.6 Å². The van der Waals surface area contributed by atoms with Crippen molar-refractivity contribution in [3.63, 3.8) is 0 Å². The highest BCUT2D eigenvalue weighted by Crippen LogP contribution is 2.37. The molecule has 1 aromatic carbocycles. The van der Waals surface area contributed by atoms with Crippen LogP contribution in [0.25, 0.3) is 5.65 Å². The summed E-state index contributed by atoms with van der Waals surface area (Å²) in [6.45, 7) is 0.650. The summed E-state index contributed by atoms with van der Waals surface area (Å²) in [6, 6.07) is 6.55. The van der Waals surface area contributed by atoms with E-state index in [9.17, 15) is 13.6 Å². The third kappa shape index (κ3) is 3.56. The lowest BCUT2D eigenvalue weighted by atomic mass is 10.0. The maximum Gasteiger partial charge on any atom is 0.293 e. The van der Waals surface area contributed by atoms with Gasteiger partial charge in [-0.25, -0.2) is 28.2 Å². The molecule has 10 heteroatoms. The Bertz CT molecular complexity index is 1260. The van der Waals surface area contributed by atoms with Crippen molar-refractivity contribution in [2.24, 2.45) is 0 Å². The van der Waals surface area contributed by atoms with Crippen molar-refractivity contribution in [2.75, 3.05) is 16.8 Å². The number of benzene rings is 1. The number of amides is 1. The molecule has 1 N–H and O–H groups in total. The van der Waals surface area contributed by atoms with E-state index in [1.165, 1.54) is 29.2 Å². The van der Waals surface area contributed by atoms with Crippen LogP contribution in [0.1, 0.15) is 35.1 Å². The molecule has 1 atom stereocenters. The number of aromatic nitrogens is 5. The summed E-state index contributed by atoms with van der Waals surface area (Å²) in [6.07, 6.45) is 7.66. The molecule has 1 aliphatic rings. The number of carbonyl (C=O) groups excluding carboxylic acids is 1. The first kappa shape index (κ1) is 19.0. The molecule has 1 saturated heterocycles. The minimum absolute atomic E-state index is 0.0270. The molecule has 1 fully saturated rings. The van der Waals surface area contributed by atoms with Gasteiger partial charge in [0.05, 0.1) is 12.2 Å². The van der Waals surface area contributed by atoms with Gasteiger partial charge in [-0.15, -0.1) is 0 Å². The molecule has 31 heavy (non-hydrogen) atoms. The smallest absolute Gasteiger partial charge is 0.293 e. The molecule has 8 nitrogen and oxygen atoms in total. The predicted molar refractivity (Wildman–Crippen MR) is 109 cm³/mol. The fraction of sp³-hybridized carbons (Fsp3) is 0.190. The lowest BCUT2D eigenvalue weighted by molar-refractivity contribution is 0.101. The van der Waals surface area contributed by atoms with Gasteiger partial charge >= 0.3 is 0 Å². The van der Waals surface area contributed by atoms with Crippen LogP contribution in [0.15, 0.2) is 55.1 Å². The van der Waals surface area contributed by atoms with Crippen LogP contribution >= 0.6 is 0 Å². The molecular formula is C21H17F2N7O. The molecule has 156 valence electrons. The number of nitrogens with zero attached hydrogens (tertiary/aromatic N) is 6. The van der Waals surface area contributed by atoms with Crippen molar-refractivity contribution >= 4 is 23.1 Å². The summed E-state index contributed by atoms with van der Waals surface area (Å²) in [7, 11) is 0. The minimum atomic E-state index is -0.483. The number of hydrogen-bond acceptors (Lipinski definition) is 6. The molecule has 4 heterocycles. The van der Waals surface area contributed by atoms with Crippen molar-refractivity contribution in [2.45, 2.75) is 18.9 Å². The second-order valence-electron chi connectivity index (χ2n) is 7.16. The minimum Gasteiger partial charge on any atom is -0.349 e. The third-order valence-corrected chi connectivity index (χ3v) is 5.24. The van der Waals surface area contributed by atoms with Gasteiger partial charge in [0.25, 0.3) is 5.91 Å². The van der Waals surface area contributed by atoms with Gasteiger partial charge in [-0.3, -0.25) is 4.79 Å². The number of hydrogen-bond donors (Lipinski definition) is 1. The molecule has 5 rings (SSSR count). The second-order valence-corrected chi connectivity index (χ2v) is 7.16. The van der Waals surface area contributed by atoms with Crippen LogP contribution in [0.4, 0.5) is 20.3 Å². The summed E-state index contributed by atoms with van der Waals surface area (Å²) < 4.78 is 29.7. The molecule has 0 radical (unpaired) electrons. The molecule has 0 unspecified atom stereocenters. The van der Waals surface area contributed by atoms with Gasteiger partial charge in [-0.1, -0.05) is 0 Å². The lowest BCUT2D eigenvalue weighted by Crippen LogP contribution is -2.24. The van der Waals surface area contributed by atoms with Crippen LogP contribution in [-0.4, -0.2) is 37.0 Å². The van der Waals surface area contributed by atoms with E-state index in [0.717, 1.165) is 18.6 Å². The Balaban J connectivity index is 1.47.